The Morgan fingerprint density at radius 2 is 2.28 bits per heavy atom. The second kappa shape index (κ2) is 5.10. The molecule has 1 amide bonds. The number of carboxylic acid groups (broad SMARTS) is 1. The first-order valence-corrected chi connectivity index (χ1v) is 7.02. The monoisotopic (exact) mass is 267 g/mol. The second-order valence-electron chi connectivity index (χ2n) is 4.96. The molecule has 1 aromatic rings. The van der Waals surface area contributed by atoms with E-state index in [9.17, 15) is 14.7 Å². The van der Waals surface area contributed by atoms with Crippen LogP contribution >= 0.6 is 11.3 Å². The van der Waals surface area contributed by atoms with Crippen molar-refractivity contribution in [1.29, 1.82) is 0 Å². The van der Waals surface area contributed by atoms with E-state index in [0.29, 0.717) is 12.8 Å². The first-order valence-electron chi connectivity index (χ1n) is 6.08. The quantitative estimate of drug-likeness (QED) is 0.829. The van der Waals surface area contributed by atoms with Crippen LogP contribution in [0.5, 0.6) is 0 Å². The Morgan fingerprint density at radius 1 is 1.56 bits per heavy atom. The predicted molar refractivity (Wildman–Crippen MR) is 69.5 cm³/mol. The van der Waals surface area contributed by atoms with Crippen molar-refractivity contribution < 1.29 is 14.7 Å². The zero-order valence-electron chi connectivity index (χ0n) is 10.3. The highest BCUT2D eigenvalue weighted by Crippen LogP contribution is 2.39. The third-order valence-corrected chi connectivity index (χ3v) is 4.19. The molecule has 1 atom stereocenters. The summed E-state index contributed by atoms with van der Waals surface area (Å²) in [5.74, 6) is -1.04. The number of amides is 1. The number of thiophene rings is 1. The highest BCUT2D eigenvalue weighted by Gasteiger charge is 2.48. The molecule has 4 nitrogen and oxygen atoms in total. The van der Waals surface area contributed by atoms with Gasteiger partial charge in [-0.15, -0.1) is 0 Å². The lowest BCUT2D eigenvalue weighted by atomic mass is 9.95. The maximum Gasteiger partial charge on any atom is 0.329 e. The van der Waals surface area contributed by atoms with Crippen molar-refractivity contribution in [1.82, 2.24) is 5.32 Å². The van der Waals surface area contributed by atoms with Gasteiger partial charge in [0.1, 0.15) is 5.54 Å². The van der Waals surface area contributed by atoms with Crippen LogP contribution in [0.25, 0.3) is 0 Å². The van der Waals surface area contributed by atoms with E-state index >= 15 is 0 Å². The molecule has 1 saturated carbocycles. The average Bonchev–Trinajstić information content (AvgIpc) is 3.04. The minimum atomic E-state index is -1.09. The normalized spacial score (nSPS) is 18.1. The van der Waals surface area contributed by atoms with Gasteiger partial charge in [0.05, 0.1) is 0 Å². The van der Waals surface area contributed by atoms with Crippen molar-refractivity contribution >= 4 is 23.2 Å². The van der Waals surface area contributed by atoms with Crippen LogP contribution in [0.4, 0.5) is 0 Å². The molecular formula is C13H17NO3S. The molecule has 2 rings (SSSR count). The van der Waals surface area contributed by atoms with Crippen LogP contribution in [0.3, 0.4) is 0 Å². The number of carbonyl (C=O) groups excluding carboxylic acids is 1. The predicted octanol–water partition coefficient (Wildman–Crippen LogP) is 2.05. The summed E-state index contributed by atoms with van der Waals surface area (Å²) >= 11 is 1.60. The summed E-state index contributed by atoms with van der Waals surface area (Å²) in [5, 5.41) is 15.9. The molecule has 0 aliphatic heterocycles. The van der Waals surface area contributed by atoms with E-state index in [-0.39, 0.29) is 11.8 Å². The fourth-order valence-electron chi connectivity index (χ4n) is 2.04. The standard InChI is InChI=1S/C13H17NO3S/c1-13(12(16)17,10-3-4-10)14-11(15)5-2-9-6-7-18-8-9/h6-8,10H,2-5H2,1H3,(H,14,15)(H,16,17)/t13-/m1/s1. The lowest BCUT2D eigenvalue weighted by molar-refractivity contribution is -0.147. The Bertz CT molecular complexity index is 439. The zero-order valence-corrected chi connectivity index (χ0v) is 11.1. The Balaban J connectivity index is 1.87. The summed E-state index contributed by atoms with van der Waals surface area (Å²) in [5.41, 5.74) is 0.0322. The number of carbonyl (C=O) groups is 2. The molecule has 1 fully saturated rings. The first kappa shape index (κ1) is 13.1. The summed E-state index contributed by atoms with van der Waals surface area (Å²) in [6.45, 7) is 1.61. The molecular weight excluding hydrogens is 250 g/mol. The summed E-state index contributed by atoms with van der Waals surface area (Å²) in [4.78, 5) is 23.1. The van der Waals surface area contributed by atoms with E-state index in [1.165, 1.54) is 0 Å². The molecule has 0 bridgehead atoms. The van der Waals surface area contributed by atoms with Gasteiger partial charge in [-0.05, 0) is 54.5 Å². The van der Waals surface area contributed by atoms with Gasteiger partial charge in [0.15, 0.2) is 0 Å². The Labute approximate surface area is 110 Å². The lowest BCUT2D eigenvalue weighted by Gasteiger charge is -2.26. The van der Waals surface area contributed by atoms with Gasteiger partial charge in [0.25, 0.3) is 0 Å². The lowest BCUT2D eigenvalue weighted by Crippen LogP contribution is -2.54. The Hall–Kier alpha value is -1.36. The van der Waals surface area contributed by atoms with Crippen LogP contribution in [-0.4, -0.2) is 22.5 Å². The van der Waals surface area contributed by atoms with Crippen LogP contribution < -0.4 is 5.32 Å². The van der Waals surface area contributed by atoms with Crippen LogP contribution in [0, 0.1) is 5.92 Å². The molecule has 0 spiro atoms. The van der Waals surface area contributed by atoms with E-state index in [1.54, 1.807) is 18.3 Å². The molecule has 2 N–H and O–H groups in total. The maximum absolute atomic E-state index is 11.8. The summed E-state index contributed by atoms with van der Waals surface area (Å²) < 4.78 is 0. The van der Waals surface area contributed by atoms with Gasteiger partial charge in [-0.1, -0.05) is 0 Å². The third kappa shape index (κ3) is 2.90. The summed E-state index contributed by atoms with van der Waals surface area (Å²) in [6.07, 6.45) is 2.77. The number of aliphatic carboxylic acids is 1. The first-order chi connectivity index (χ1) is 8.52. The summed E-state index contributed by atoms with van der Waals surface area (Å²) in [7, 11) is 0. The van der Waals surface area contributed by atoms with Gasteiger partial charge in [-0.2, -0.15) is 11.3 Å². The second-order valence-corrected chi connectivity index (χ2v) is 5.74. The minimum absolute atomic E-state index is 0.0834. The van der Waals surface area contributed by atoms with E-state index in [0.717, 1.165) is 18.4 Å². The zero-order chi connectivity index (χ0) is 13.2. The van der Waals surface area contributed by atoms with Crippen LogP contribution in [0.15, 0.2) is 16.8 Å². The molecule has 18 heavy (non-hydrogen) atoms. The molecule has 1 aliphatic rings. The summed E-state index contributed by atoms with van der Waals surface area (Å²) in [6, 6.07) is 1.98. The molecule has 5 heteroatoms. The Kier molecular flexibility index (Phi) is 3.71. The number of aryl methyl sites for hydroxylation is 1. The average molecular weight is 267 g/mol. The molecule has 0 aromatic carbocycles. The van der Waals surface area contributed by atoms with Gasteiger partial charge in [0, 0.05) is 6.42 Å². The molecule has 0 radical (unpaired) electrons. The SMILES string of the molecule is C[C@](NC(=O)CCc1ccsc1)(C(=O)O)C1CC1. The van der Waals surface area contributed by atoms with Crippen LogP contribution in [-0.2, 0) is 16.0 Å². The largest absolute Gasteiger partial charge is 0.480 e. The molecule has 1 aliphatic carbocycles. The van der Waals surface area contributed by atoms with Gasteiger partial charge >= 0.3 is 5.97 Å². The maximum atomic E-state index is 11.8. The molecule has 98 valence electrons. The molecule has 1 heterocycles. The third-order valence-electron chi connectivity index (χ3n) is 3.46. The number of hydrogen-bond acceptors (Lipinski definition) is 3. The number of rotatable bonds is 6. The minimum Gasteiger partial charge on any atom is -0.480 e. The number of hydrogen-bond donors (Lipinski definition) is 2. The van der Waals surface area contributed by atoms with E-state index in [1.807, 2.05) is 16.8 Å². The molecule has 0 saturated heterocycles. The molecule has 0 unspecified atom stereocenters. The van der Waals surface area contributed by atoms with Gasteiger partial charge in [-0.3, -0.25) is 4.79 Å². The van der Waals surface area contributed by atoms with Crippen molar-refractivity contribution in [2.24, 2.45) is 5.92 Å². The van der Waals surface area contributed by atoms with Gasteiger partial charge in [-0.25, -0.2) is 4.79 Å². The highest BCUT2D eigenvalue weighted by molar-refractivity contribution is 7.07. The fourth-order valence-corrected chi connectivity index (χ4v) is 2.74. The van der Waals surface area contributed by atoms with Crippen LogP contribution in [0.2, 0.25) is 0 Å². The fraction of sp³-hybridized carbons (Fsp3) is 0.538. The van der Waals surface area contributed by atoms with Gasteiger partial charge < -0.3 is 10.4 Å². The molecule has 1 aromatic heterocycles. The van der Waals surface area contributed by atoms with E-state index < -0.39 is 11.5 Å². The smallest absolute Gasteiger partial charge is 0.329 e. The van der Waals surface area contributed by atoms with Crippen molar-refractivity contribution in [2.45, 2.75) is 38.1 Å². The highest BCUT2D eigenvalue weighted by atomic mass is 32.1. The Morgan fingerprint density at radius 3 is 2.78 bits per heavy atom. The number of nitrogens with one attached hydrogen (secondary N) is 1. The number of carboxylic acids is 1. The van der Waals surface area contributed by atoms with Crippen molar-refractivity contribution in [3.05, 3.63) is 22.4 Å². The van der Waals surface area contributed by atoms with Crippen molar-refractivity contribution in [3.8, 4) is 0 Å². The van der Waals surface area contributed by atoms with Crippen molar-refractivity contribution in [2.75, 3.05) is 0 Å². The van der Waals surface area contributed by atoms with Gasteiger partial charge in [0.2, 0.25) is 5.91 Å². The van der Waals surface area contributed by atoms with E-state index in [2.05, 4.69) is 5.32 Å². The van der Waals surface area contributed by atoms with Crippen molar-refractivity contribution in [3.63, 3.8) is 0 Å². The van der Waals surface area contributed by atoms with E-state index in [4.69, 9.17) is 0 Å². The topological polar surface area (TPSA) is 66.4 Å². The van der Waals surface area contributed by atoms with Crippen LogP contribution in [0.1, 0.15) is 31.7 Å².